The van der Waals surface area contributed by atoms with Crippen LogP contribution in [-0.2, 0) is 33.6 Å². The van der Waals surface area contributed by atoms with Crippen molar-refractivity contribution < 1.29 is 26.4 Å². The summed E-state index contributed by atoms with van der Waals surface area (Å²) in [5.74, 6) is 0.183. The molecule has 2 aliphatic carbocycles. The van der Waals surface area contributed by atoms with Crippen LogP contribution in [0, 0.1) is 11.8 Å². The summed E-state index contributed by atoms with van der Waals surface area (Å²) in [6, 6.07) is 13.6. The van der Waals surface area contributed by atoms with Crippen molar-refractivity contribution in [2.45, 2.75) is 42.5 Å². The fourth-order valence-electron chi connectivity index (χ4n) is 5.56. The Morgan fingerprint density at radius 3 is 2.55 bits per heavy atom. The smallest absolute Gasteiger partial charge is 0.323 e. The summed E-state index contributed by atoms with van der Waals surface area (Å²) >= 11 is 7.04. The number of amides is 1. The molecule has 0 saturated heterocycles. The lowest BCUT2D eigenvalue weighted by Crippen LogP contribution is -2.24. The van der Waals surface area contributed by atoms with Crippen molar-refractivity contribution >= 4 is 50.4 Å². The highest BCUT2D eigenvalue weighted by Gasteiger charge is 2.33. The van der Waals surface area contributed by atoms with Crippen molar-refractivity contribution in [1.82, 2.24) is 0 Å². The number of anilines is 1. The van der Waals surface area contributed by atoms with Gasteiger partial charge in [0.15, 0.2) is 9.84 Å². The normalized spacial score (nSPS) is 19.1. The standard InChI is InChI=1S/C30H27ClF3NO3S2/c31-27-11-13-29(39-27)40(37,38)15-14-26-21-2-1-3-22(26)17-23-18-25(10-7-20(23)16-21)35-28(36)12-6-19-4-8-24(9-5-19)30(32,33)34/h2,4-13,18,22,26H,1,3,14-17H2,(H,35,36)/b12-6+/t22?,26-/m1/s1. The van der Waals surface area contributed by atoms with E-state index >= 15 is 0 Å². The van der Waals surface area contributed by atoms with Gasteiger partial charge >= 0.3 is 6.18 Å². The second-order valence-corrected chi connectivity index (χ2v) is 14.2. The van der Waals surface area contributed by atoms with E-state index in [1.165, 1.54) is 35.4 Å². The Hall–Kier alpha value is -2.88. The van der Waals surface area contributed by atoms with Crippen LogP contribution in [-0.4, -0.2) is 20.1 Å². The van der Waals surface area contributed by atoms with Crippen LogP contribution in [0.5, 0.6) is 0 Å². The van der Waals surface area contributed by atoms with Crippen molar-refractivity contribution in [3.05, 3.63) is 98.9 Å². The minimum atomic E-state index is -4.41. The first-order chi connectivity index (χ1) is 19.0. The number of thiophene rings is 1. The fraction of sp³-hybridized carbons (Fsp3) is 0.300. The summed E-state index contributed by atoms with van der Waals surface area (Å²) in [6.45, 7) is 0. The van der Waals surface area contributed by atoms with E-state index in [0.29, 0.717) is 32.1 Å². The Morgan fingerprint density at radius 1 is 1.07 bits per heavy atom. The van der Waals surface area contributed by atoms with Gasteiger partial charge in [0.2, 0.25) is 5.91 Å². The van der Waals surface area contributed by atoms with Crippen LogP contribution in [0.4, 0.5) is 18.9 Å². The second-order valence-electron chi connectivity index (χ2n) is 10.2. The van der Waals surface area contributed by atoms with Gasteiger partial charge in [-0.2, -0.15) is 13.2 Å². The molecule has 210 valence electrons. The SMILES string of the molecule is O=C(/C=C/c1ccc(C(F)(F)F)cc1)Nc1ccc2c(c1)CC1CCC=C(C2)[C@H]1CCS(=O)(=O)c1ccc(Cl)s1. The van der Waals surface area contributed by atoms with Gasteiger partial charge in [0.1, 0.15) is 4.21 Å². The van der Waals surface area contributed by atoms with E-state index in [0.717, 1.165) is 54.7 Å². The first-order valence-electron chi connectivity index (χ1n) is 12.9. The molecule has 2 bridgehead atoms. The first kappa shape index (κ1) is 28.6. The van der Waals surface area contributed by atoms with Crippen LogP contribution in [0.1, 0.15) is 41.5 Å². The van der Waals surface area contributed by atoms with Gasteiger partial charge in [0, 0.05) is 11.8 Å². The number of benzene rings is 2. The zero-order valence-corrected chi connectivity index (χ0v) is 23.8. The van der Waals surface area contributed by atoms with Gasteiger partial charge < -0.3 is 5.32 Å². The van der Waals surface area contributed by atoms with E-state index in [1.807, 2.05) is 18.2 Å². The molecule has 0 radical (unpaired) electrons. The van der Waals surface area contributed by atoms with Crippen LogP contribution in [0.2, 0.25) is 4.34 Å². The van der Waals surface area contributed by atoms with Crippen LogP contribution < -0.4 is 5.32 Å². The number of alkyl halides is 3. The molecule has 1 amide bonds. The molecule has 0 aliphatic heterocycles. The van der Waals surface area contributed by atoms with Gasteiger partial charge in [-0.05, 0) is 103 Å². The highest BCUT2D eigenvalue weighted by atomic mass is 35.5. The van der Waals surface area contributed by atoms with Crippen molar-refractivity contribution in [2.75, 3.05) is 11.1 Å². The van der Waals surface area contributed by atoms with Crippen LogP contribution in [0.15, 0.2) is 76.5 Å². The van der Waals surface area contributed by atoms with Crippen molar-refractivity contribution in [3.8, 4) is 0 Å². The molecule has 4 nitrogen and oxygen atoms in total. The molecule has 5 rings (SSSR count). The number of fused-ring (bicyclic) bond motifs is 3. The lowest BCUT2D eigenvalue weighted by atomic mass is 9.75. The summed E-state index contributed by atoms with van der Waals surface area (Å²) in [4.78, 5) is 12.5. The van der Waals surface area contributed by atoms with Gasteiger partial charge in [-0.15, -0.1) is 11.3 Å². The Labute approximate surface area is 240 Å². The van der Waals surface area contributed by atoms with E-state index in [4.69, 9.17) is 11.6 Å². The number of rotatable bonds is 7. The third-order valence-electron chi connectivity index (χ3n) is 7.56. The number of halogens is 4. The van der Waals surface area contributed by atoms with Crippen molar-refractivity contribution in [3.63, 3.8) is 0 Å². The molecule has 1 heterocycles. The highest BCUT2D eigenvalue weighted by molar-refractivity contribution is 7.93. The number of sulfone groups is 1. The minimum Gasteiger partial charge on any atom is -0.323 e. The lowest BCUT2D eigenvalue weighted by molar-refractivity contribution is -0.137. The third-order valence-corrected chi connectivity index (χ3v) is 11.1. The number of carbonyl (C=O) groups excluding carboxylic acids is 1. The molecule has 10 heteroatoms. The minimum absolute atomic E-state index is 0.0747. The number of carbonyl (C=O) groups is 1. The monoisotopic (exact) mass is 605 g/mol. The molecule has 40 heavy (non-hydrogen) atoms. The Bertz CT molecular complexity index is 1570. The Balaban J connectivity index is 1.25. The third kappa shape index (κ3) is 6.70. The van der Waals surface area contributed by atoms with E-state index in [2.05, 4.69) is 11.4 Å². The van der Waals surface area contributed by atoms with Gasteiger partial charge in [-0.3, -0.25) is 4.79 Å². The largest absolute Gasteiger partial charge is 0.416 e. The molecule has 2 aliphatic rings. The van der Waals surface area contributed by atoms with Gasteiger partial charge in [0.25, 0.3) is 0 Å². The van der Waals surface area contributed by atoms with Crippen molar-refractivity contribution in [2.24, 2.45) is 11.8 Å². The summed E-state index contributed by atoms with van der Waals surface area (Å²) in [5.41, 5.74) is 3.98. The zero-order valence-electron chi connectivity index (χ0n) is 21.4. The maximum atomic E-state index is 12.9. The van der Waals surface area contributed by atoms with Gasteiger partial charge in [-0.1, -0.05) is 41.4 Å². The first-order valence-corrected chi connectivity index (χ1v) is 15.8. The molecule has 0 saturated carbocycles. The predicted octanol–water partition coefficient (Wildman–Crippen LogP) is 7.99. The van der Waals surface area contributed by atoms with E-state index in [9.17, 15) is 26.4 Å². The maximum absolute atomic E-state index is 12.9. The average molecular weight is 606 g/mol. The molecule has 0 fully saturated rings. The second kappa shape index (κ2) is 11.5. The number of hydrogen-bond donors (Lipinski definition) is 1. The lowest BCUT2D eigenvalue weighted by Gasteiger charge is -2.30. The molecule has 1 aromatic heterocycles. The van der Waals surface area contributed by atoms with Gasteiger partial charge in [0.05, 0.1) is 15.7 Å². The molecular weight excluding hydrogens is 579 g/mol. The van der Waals surface area contributed by atoms with E-state index in [-0.39, 0.29) is 17.6 Å². The van der Waals surface area contributed by atoms with Crippen LogP contribution in [0.3, 0.4) is 0 Å². The zero-order chi connectivity index (χ0) is 28.5. The summed E-state index contributed by atoms with van der Waals surface area (Å²) < 4.78 is 64.8. The molecule has 0 spiro atoms. The maximum Gasteiger partial charge on any atom is 0.416 e. The van der Waals surface area contributed by atoms with Gasteiger partial charge in [-0.25, -0.2) is 8.42 Å². The molecule has 1 N–H and O–H groups in total. The van der Waals surface area contributed by atoms with Crippen molar-refractivity contribution in [1.29, 1.82) is 0 Å². The quantitative estimate of drug-likeness (QED) is 0.219. The molecule has 2 aromatic carbocycles. The predicted molar refractivity (Wildman–Crippen MR) is 153 cm³/mol. The fourth-order valence-corrected chi connectivity index (χ4v) is 8.54. The molecule has 3 aromatic rings. The summed E-state index contributed by atoms with van der Waals surface area (Å²) in [5, 5.41) is 2.85. The average Bonchev–Trinajstić information content (AvgIpc) is 3.33. The van der Waals surface area contributed by atoms with Crippen LogP contribution >= 0.6 is 22.9 Å². The molecular formula is C30H27ClF3NO3S2. The summed E-state index contributed by atoms with van der Waals surface area (Å²) in [7, 11) is -3.40. The number of hydrogen-bond acceptors (Lipinski definition) is 4. The van der Waals surface area contributed by atoms with E-state index < -0.39 is 21.6 Å². The summed E-state index contributed by atoms with van der Waals surface area (Å²) in [6.07, 6.45) is 4.67. The van der Waals surface area contributed by atoms with E-state index in [1.54, 1.807) is 12.1 Å². The molecule has 2 atom stereocenters. The molecule has 1 unspecified atom stereocenters. The van der Waals surface area contributed by atoms with Crippen LogP contribution in [0.25, 0.3) is 6.08 Å². The number of allylic oxidation sites excluding steroid dienone is 2. The highest BCUT2D eigenvalue weighted by Crippen LogP contribution is 2.42. The number of nitrogens with one attached hydrogen (secondary N) is 1. The Morgan fingerprint density at radius 2 is 1.85 bits per heavy atom. The Kier molecular flexibility index (Phi) is 8.27. The topological polar surface area (TPSA) is 63.2 Å².